The minimum atomic E-state index is -1.04. The molecule has 218 valence electrons. The summed E-state index contributed by atoms with van der Waals surface area (Å²) in [5.41, 5.74) is 1.74. The van der Waals surface area contributed by atoms with Crippen LogP contribution in [-0.2, 0) is 19.1 Å². The van der Waals surface area contributed by atoms with E-state index in [2.05, 4.69) is 13.2 Å². The summed E-state index contributed by atoms with van der Waals surface area (Å²) in [6.45, 7) is 15.5. The van der Waals surface area contributed by atoms with Gasteiger partial charge < -0.3 is 24.5 Å². The summed E-state index contributed by atoms with van der Waals surface area (Å²) in [5, 5.41) is 9.29. The SMILES string of the molecule is C=CCN(CCC)C(=O)[C@@H]1[C@H]2C(=O)N(CCCCCO)C(C(=O)N(CC=C)c3cc(C)ccc3C)C23CC[C@H]1O3. The summed E-state index contributed by atoms with van der Waals surface area (Å²) in [5.74, 6) is -1.76. The third kappa shape index (κ3) is 5.23. The second kappa shape index (κ2) is 12.7. The largest absolute Gasteiger partial charge is 0.396 e. The van der Waals surface area contributed by atoms with E-state index >= 15 is 0 Å². The van der Waals surface area contributed by atoms with E-state index in [1.54, 1.807) is 26.9 Å². The number of unbranched alkanes of at least 4 members (excludes halogenated alkanes) is 2. The van der Waals surface area contributed by atoms with E-state index in [0.29, 0.717) is 51.9 Å². The average molecular weight is 552 g/mol. The summed E-state index contributed by atoms with van der Waals surface area (Å²) in [7, 11) is 0. The Bertz CT molecular complexity index is 1140. The van der Waals surface area contributed by atoms with Crippen molar-refractivity contribution in [3.05, 3.63) is 54.6 Å². The van der Waals surface area contributed by atoms with Crippen molar-refractivity contribution in [1.82, 2.24) is 9.80 Å². The van der Waals surface area contributed by atoms with Gasteiger partial charge in [0, 0.05) is 38.5 Å². The summed E-state index contributed by atoms with van der Waals surface area (Å²) >= 11 is 0. The number of rotatable bonds is 14. The molecule has 2 unspecified atom stereocenters. The van der Waals surface area contributed by atoms with E-state index < -0.39 is 23.5 Å². The molecule has 40 heavy (non-hydrogen) atoms. The molecule has 3 saturated heterocycles. The minimum Gasteiger partial charge on any atom is -0.396 e. The van der Waals surface area contributed by atoms with Gasteiger partial charge in [-0.2, -0.15) is 0 Å². The Balaban J connectivity index is 1.76. The van der Waals surface area contributed by atoms with Gasteiger partial charge >= 0.3 is 0 Å². The predicted molar refractivity (Wildman–Crippen MR) is 156 cm³/mol. The van der Waals surface area contributed by atoms with Gasteiger partial charge in [-0.05, 0) is 69.6 Å². The van der Waals surface area contributed by atoms with Crippen LogP contribution in [0.1, 0.15) is 56.6 Å². The Morgan fingerprint density at radius 2 is 1.90 bits per heavy atom. The zero-order chi connectivity index (χ0) is 29.0. The van der Waals surface area contributed by atoms with Crippen molar-refractivity contribution in [3.63, 3.8) is 0 Å². The molecule has 0 saturated carbocycles. The summed E-state index contributed by atoms with van der Waals surface area (Å²) in [6, 6.07) is 5.17. The molecule has 8 heteroatoms. The number of hydrogen-bond acceptors (Lipinski definition) is 5. The van der Waals surface area contributed by atoms with Crippen LogP contribution >= 0.6 is 0 Å². The molecule has 3 heterocycles. The van der Waals surface area contributed by atoms with E-state index in [0.717, 1.165) is 29.7 Å². The van der Waals surface area contributed by atoms with Crippen molar-refractivity contribution in [2.24, 2.45) is 11.8 Å². The maximum absolute atomic E-state index is 14.6. The molecule has 0 radical (unpaired) electrons. The molecular formula is C32H45N3O5. The molecule has 3 aliphatic heterocycles. The van der Waals surface area contributed by atoms with Crippen LogP contribution in [-0.4, -0.2) is 83.2 Å². The van der Waals surface area contributed by atoms with Crippen molar-refractivity contribution in [2.45, 2.75) is 77.0 Å². The van der Waals surface area contributed by atoms with E-state index in [1.165, 1.54) is 0 Å². The fraction of sp³-hybridized carbons (Fsp3) is 0.594. The molecule has 3 amide bonds. The number of anilines is 1. The lowest BCUT2D eigenvalue weighted by Gasteiger charge is -2.37. The highest BCUT2D eigenvalue weighted by Gasteiger charge is 2.74. The van der Waals surface area contributed by atoms with Gasteiger partial charge in [0.2, 0.25) is 11.8 Å². The van der Waals surface area contributed by atoms with Crippen molar-refractivity contribution < 1.29 is 24.2 Å². The average Bonchev–Trinajstić information content (AvgIpc) is 3.58. The first-order valence-corrected chi connectivity index (χ1v) is 14.7. The molecule has 0 aliphatic carbocycles. The Morgan fingerprint density at radius 1 is 1.15 bits per heavy atom. The lowest BCUT2D eigenvalue weighted by molar-refractivity contribution is -0.145. The van der Waals surface area contributed by atoms with Gasteiger partial charge in [0.1, 0.15) is 11.6 Å². The zero-order valence-corrected chi connectivity index (χ0v) is 24.3. The van der Waals surface area contributed by atoms with Gasteiger partial charge in [-0.25, -0.2) is 0 Å². The molecule has 8 nitrogen and oxygen atoms in total. The van der Waals surface area contributed by atoms with Crippen LogP contribution in [0.3, 0.4) is 0 Å². The molecule has 2 bridgehead atoms. The standard InChI is InChI=1S/C32H45N3O5/c1-6-16-33(17-7-2)29(37)26-25-14-15-32(40-25)27(26)30(38)35(19-10-9-11-20-36)28(32)31(39)34(18-8-3)24-21-22(4)12-13-23(24)5/h6,8,12-13,21,25-28,36H,1,3,7,9-11,14-20H2,2,4-5H3/t25-,26+,27+,28?,32?/m1/s1. The number of carbonyl (C=O) groups is 3. The number of hydrogen-bond donors (Lipinski definition) is 1. The Kier molecular flexibility index (Phi) is 9.52. The van der Waals surface area contributed by atoms with Crippen LogP contribution < -0.4 is 4.90 Å². The van der Waals surface area contributed by atoms with Crippen LogP contribution in [0.5, 0.6) is 0 Å². The van der Waals surface area contributed by atoms with E-state index in [9.17, 15) is 19.5 Å². The maximum atomic E-state index is 14.6. The van der Waals surface area contributed by atoms with Crippen LogP contribution in [0, 0.1) is 25.7 Å². The number of likely N-dealkylation sites (tertiary alicyclic amines) is 1. The molecule has 1 aromatic rings. The molecule has 5 atom stereocenters. The molecule has 1 N–H and O–H groups in total. The number of benzene rings is 1. The van der Waals surface area contributed by atoms with Crippen molar-refractivity contribution in [1.29, 1.82) is 0 Å². The van der Waals surface area contributed by atoms with Crippen molar-refractivity contribution >= 4 is 23.4 Å². The van der Waals surface area contributed by atoms with Crippen LogP contribution in [0.15, 0.2) is 43.5 Å². The van der Waals surface area contributed by atoms with Gasteiger partial charge in [-0.1, -0.05) is 31.2 Å². The van der Waals surface area contributed by atoms with Crippen LogP contribution in [0.25, 0.3) is 0 Å². The molecule has 0 aromatic heterocycles. The Morgan fingerprint density at radius 3 is 2.58 bits per heavy atom. The quantitative estimate of drug-likeness (QED) is 0.281. The third-order valence-electron chi connectivity index (χ3n) is 8.76. The first kappa shape index (κ1) is 30.0. The molecular weight excluding hydrogens is 506 g/mol. The number of fused-ring (bicyclic) bond motifs is 1. The number of amides is 3. The van der Waals surface area contributed by atoms with E-state index in [-0.39, 0.29) is 30.4 Å². The van der Waals surface area contributed by atoms with Gasteiger partial charge in [-0.15, -0.1) is 13.2 Å². The molecule has 1 spiro atoms. The summed E-state index contributed by atoms with van der Waals surface area (Å²) in [4.78, 5) is 48.0. The van der Waals surface area contributed by atoms with Gasteiger partial charge in [-0.3, -0.25) is 14.4 Å². The third-order valence-corrected chi connectivity index (χ3v) is 8.76. The number of nitrogens with zero attached hydrogens (tertiary/aromatic N) is 3. The number of aliphatic hydroxyl groups excluding tert-OH is 1. The molecule has 3 aliphatic rings. The normalized spacial score (nSPS) is 26.6. The van der Waals surface area contributed by atoms with Gasteiger partial charge in [0.05, 0.1) is 17.9 Å². The lowest BCUT2D eigenvalue weighted by atomic mass is 9.70. The zero-order valence-electron chi connectivity index (χ0n) is 24.3. The van der Waals surface area contributed by atoms with Gasteiger partial charge in [0.15, 0.2) is 0 Å². The second-order valence-corrected chi connectivity index (χ2v) is 11.5. The second-order valence-electron chi connectivity index (χ2n) is 11.5. The lowest BCUT2D eigenvalue weighted by Crippen LogP contribution is -2.56. The Labute approximate surface area is 238 Å². The van der Waals surface area contributed by atoms with E-state index in [1.807, 2.05) is 39.0 Å². The summed E-state index contributed by atoms with van der Waals surface area (Å²) in [6.07, 6.45) is 7.06. The first-order chi connectivity index (χ1) is 19.2. The van der Waals surface area contributed by atoms with Crippen LogP contribution in [0.4, 0.5) is 5.69 Å². The van der Waals surface area contributed by atoms with Crippen molar-refractivity contribution in [3.8, 4) is 0 Å². The number of aliphatic hydroxyl groups is 1. The Hall–Kier alpha value is -2.97. The van der Waals surface area contributed by atoms with Crippen LogP contribution in [0.2, 0.25) is 0 Å². The highest BCUT2D eigenvalue weighted by Crippen LogP contribution is 2.59. The number of carbonyl (C=O) groups excluding carboxylic acids is 3. The fourth-order valence-electron chi connectivity index (χ4n) is 7.05. The summed E-state index contributed by atoms with van der Waals surface area (Å²) < 4.78 is 6.65. The number of aryl methyl sites for hydroxylation is 2. The van der Waals surface area contributed by atoms with Crippen molar-refractivity contribution in [2.75, 3.05) is 37.7 Å². The molecule has 4 rings (SSSR count). The monoisotopic (exact) mass is 551 g/mol. The van der Waals surface area contributed by atoms with E-state index in [4.69, 9.17) is 4.74 Å². The smallest absolute Gasteiger partial charge is 0.253 e. The first-order valence-electron chi connectivity index (χ1n) is 14.7. The maximum Gasteiger partial charge on any atom is 0.253 e. The molecule has 1 aromatic carbocycles. The molecule has 3 fully saturated rings. The highest BCUT2D eigenvalue weighted by molar-refractivity contribution is 6.05. The predicted octanol–water partition coefficient (Wildman–Crippen LogP) is 3.78. The highest BCUT2D eigenvalue weighted by atomic mass is 16.5. The minimum absolute atomic E-state index is 0.0839. The topological polar surface area (TPSA) is 90.4 Å². The van der Waals surface area contributed by atoms with Gasteiger partial charge in [0.25, 0.3) is 5.91 Å². The fourth-order valence-corrected chi connectivity index (χ4v) is 7.05. The number of ether oxygens (including phenoxy) is 1.